The van der Waals surface area contributed by atoms with Crippen molar-refractivity contribution in [1.29, 1.82) is 0 Å². The number of hydrogen-bond donors (Lipinski definition) is 1. The first kappa shape index (κ1) is 19.5. The number of carbonyl (C=O) groups is 1. The van der Waals surface area contributed by atoms with Crippen molar-refractivity contribution in [2.45, 2.75) is 18.9 Å². The maximum atomic E-state index is 12.7. The zero-order chi connectivity index (χ0) is 19.1. The van der Waals surface area contributed by atoms with Crippen molar-refractivity contribution in [3.63, 3.8) is 0 Å². The summed E-state index contributed by atoms with van der Waals surface area (Å²) >= 11 is 1.74. The van der Waals surface area contributed by atoms with E-state index in [0.717, 1.165) is 13.1 Å². The fourth-order valence-corrected chi connectivity index (χ4v) is 4.17. The number of hydrogen-bond acceptors (Lipinski definition) is 5. The predicted octanol–water partition coefficient (Wildman–Crippen LogP) is 3.89. The van der Waals surface area contributed by atoms with Crippen LogP contribution < -0.4 is 14.8 Å². The Hall–Kier alpha value is -2.31. The van der Waals surface area contributed by atoms with E-state index in [0.29, 0.717) is 30.2 Å². The van der Waals surface area contributed by atoms with Gasteiger partial charge in [0.2, 0.25) is 0 Å². The van der Waals surface area contributed by atoms with Gasteiger partial charge in [0.25, 0.3) is 5.91 Å². The van der Waals surface area contributed by atoms with Gasteiger partial charge in [-0.05, 0) is 55.6 Å². The average Bonchev–Trinajstić information content (AvgIpc) is 3.41. The topological polar surface area (TPSA) is 50.8 Å². The summed E-state index contributed by atoms with van der Waals surface area (Å²) in [7, 11) is 1.57. The van der Waals surface area contributed by atoms with E-state index in [1.807, 2.05) is 0 Å². The van der Waals surface area contributed by atoms with Crippen LogP contribution in [0.4, 0.5) is 0 Å². The van der Waals surface area contributed by atoms with Crippen LogP contribution >= 0.6 is 11.3 Å². The first-order valence-corrected chi connectivity index (χ1v) is 10.1. The molecule has 1 aromatic carbocycles. The second kappa shape index (κ2) is 9.58. The molecule has 1 fully saturated rings. The van der Waals surface area contributed by atoms with Crippen molar-refractivity contribution < 1.29 is 14.3 Å². The van der Waals surface area contributed by atoms with Gasteiger partial charge in [0, 0.05) is 17.0 Å². The van der Waals surface area contributed by atoms with Crippen LogP contribution in [0.3, 0.4) is 0 Å². The summed E-state index contributed by atoms with van der Waals surface area (Å²) in [6, 6.07) is 9.67. The van der Waals surface area contributed by atoms with Crippen LogP contribution in [0, 0.1) is 0 Å². The number of amides is 1. The molecule has 1 aliphatic heterocycles. The molecule has 3 rings (SSSR count). The lowest BCUT2D eigenvalue weighted by Gasteiger charge is -2.27. The molecule has 0 spiro atoms. The normalized spacial score (nSPS) is 15.3. The molecule has 0 bridgehead atoms. The third-order valence-corrected chi connectivity index (χ3v) is 5.67. The molecule has 1 aliphatic rings. The smallest absolute Gasteiger partial charge is 0.251 e. The molecule has 5 nitrogen and oxygen atoms in total. The number of nitrogens with zero attached hydrogens (tertiary/aromatic N) is 1. The number of methoxy groups -OCH3 is 1. The molecule has 0 radical (unpaired) electrons. The Labute approximate surface area is 164 Å². The number of ether oxygens (including phenoxy) is 2. The molecule has 0 aliphatic carbocycles. The van der Waals surface area contributed by atoms with E-state index in [4.69, 9.17) is 9.47 Å². The van der Waals surface area contributed by atoms with Gasteiger partial charge in [-0.1, -0.05) is 18.7 Å². The van der Waals surface area contributed by atoms with Crippen LogP contribution in [0.25, 0.3) is 0 Å². The summed E-state index contributed by atoms with van der Waals surface area (Å²) in [5.74, 6) is 1.03. The van der Waals surface area contributed by atoms with Crippen LogP contribution in [0.15, 0.2) is 48.4 Å². The van der Waals surface area contributed by atoms with E-state index in [9.17, 15) is 4.79 Å². The third-order valence-electron chi connectivity index (χ3n) is 4.69. The summed E-state index contributed by atoms with van der Waals surface area (Å²) in [4.78, 5) is 16.4. The van der Waals surface area contributed by atoms with Crippen molar-refractivity contribution >= 4 is 17.2 Å². The minimum Gasteiger partial charge on any atom is -0.493 e. The standard InChI is InChI=1S/C21H26N2O3S/c1-3-12-26-18-9-8-16(14-19(18)25-2)21(24)22-15-17(20-7-6-13-27-20)23-10-4-5-11-23/h3,6-9,13-14,17H,1,4-5,10-12,15H2,2H3,(H,22,24). The summed E-state index contributed by atoms with van der Waals surface area (Å²) in [5.41, 5.74) is 0.559. The molecule has 0 saturated carbocycles. The molecule has 1 atom stereocenters. The van der Waals surface area contributed by atoms with Gasteiger partial charge < -0.3 is 14.8 Å². The quantitative estimate of drug-likeness (QED) is 0.665. The maximum Gasteiger partial charge on any atom is 0.251 e. The van der Waals surface area contributed by atoms with Gasteiger partial charge >= 0.3 is 0 Å². The Morgan fingerprint density at radius 3 is 2.81 bits per heavy atom. The van der Waals surface area contributed by atoms with Crippen LogP contribution in [-0.2, 0) is 0 Å². The zero-order valence-corrected chi connectivity index (χ0v) is 16.5. The van der Waals surface area contributed by atoms with Crippen molar-refractivity contribution in [2.24, 2.45) is 0 Å². The molecule has 1 aromatic heterocycles. The van der Waals surface area contributed by atoms with Gasteiger partial charge in [0.05, 0.1) is 13.2 Å². The van der Waals surface area contributed by atoms with Gasteiger partial charge in [-0.3, -0.25) is 9.69 Å². The molecule has 144 valence electrons. The fraction of sp³-hybridized carbons (Fsp3) is 0.381. The molecule has 27 heavy (non-hydrogen) atoms. The monoisotopic (exact) mass is 386 g/mol. The van der Waals surface area contributed by atoms with Crippen LogP contribution in [0.5, 0.6) is 11.5 Å². The molecule has 1 saturated heterocycles. The number of likely N-dealkylation sites (tertiary alicyclic amines) is 1. The van der Waals surface area contributed by atoms with Crippen molar-refractivity contribution in [1.82, 2.24) is 10.2 Å². The Morgan fingerprint density at radius 1 is 1.33 bits per heavy atom. The molecular formula is C21H26N2O3S. The summed E-state index contributed by atoms with van der Waals surface area (Å²) in [6.45, 7) is 6.79. The number of carbonyl (C=O) groups excluding carboxylic acids is 1. The minimum absolute atomic E-state index is 0.107. The van der Waals surface area contributed by atoms with Crippen LogP contribution in [0.1, 0.15) is 34.1 Å². The van der Waals surface area contributed by atoms with Gasteiger partial charge in [-0.25, -0.2) is 0 Å². The van der Waals surface area contributed by atoms with E-state index in [-0.39, 0.29) is 11.9 Å². The average molecular weight is 387 g/mol. The number of rotatable bonds is 9. The Kier molecular flexibility index (Phi) is 6.90. The van der Waals surface area contributed by atoms with Gasteiger partial charge in [0.15, 0.2) is 11.5 Å². The van der Waals surface area contributed by atoms with Crippen molar-refractivity contribution in [3.05, 3.63) is 58.8 Å². The van der Waals surface area contributed by atoms with E-state index >= 15 is 0 Å². The van der Waals surface area contributed by atoms with Crippen molar-refractivity contribution in [2.75, 3.05) is 33.4 Å². The lowest BCUT2D eigenvalue weighted by Crippen LogP contribution is -2.36. The van der Waals surface area contributed by atoms with E-state index in [1.54, 1.807) is 42.7 Å². The summed E-state index contributed by atoms with van der Waals surface area (Å²) < 4.78 is 10.9. The van der Waals surface area contributed by atoms with Crippen molar-refractivity contribution in [3.8, 4) is 11.5 Å². The van der Waals surface area contributed by atoms with E-state index in [1.165, 1.54) is 17.7 Å². The third kappa shape index (κ3) is 4.90. The highest BCUT2D eigenvalue weighted by molar-refractivity contribution is 7.10. The number of thiophene rings is 1. The van der Waals surface area contributed by atoms with E-state index < -0.39 is 0 Å². The summed E-state index contributed by atoms with van der Waals surface area (Å²) in [5, 5.41) is 5.18. The molecule has 1 amide bonds. The largest absolute Gasteiger partial charge is 0.493 e. The van der Waals surface area contributed by atoms with Gasteiger partial charge in [-0.15, -0.1) is 11.3 Å². The van der Waals surface area contributed by atoms with Gasteiger partial charge in [-0.2, -0.15) is 0 Å². The molecule has 2 heterocycles. The molecule has 1 unspecified atom stereocenters. The van der Waals surface area contributed by atoms with Crippen LogP contribution in [-0.4, -0.2) is 44.2 Å². The lowest BCUT2D eigenvalue weighted by molar-refractivity contribution is 0.0938. The van der Waals surface area contributed by atoms with Crippen LogP contribution in [0.2, 0.25) is 0 Å². The molecule has 1 N–H and O–H groups in total. The first-order chi connectivity index (χ1) is 13.2. The molecule has 6 heteroatoms. The fourth-order valence-electron chi connectivity index (χ4n) is 3.31. The Bertz CT molecular complexity index is 755. The Morgan fingerprint density at radius 2 is 2.15 bits per heavy atom. The Balaban J connectivity index is 1.67. The van der Waals surface area contributed by atoms with Gasteiger partial charge in [0.1, 0.15) is 6.61 Å². The highest BCUT2D eigenvalue weighted by Gasteiger charge is 2.25. The molecular weight excluding hydrogens is 360 g/mol. The minimum atomic E-state index is -0.107. The second-order valence-corrected chi connectivity index (χ2v) is 7.43. The second-order valence-electron chi connectivity index (χ2n) is 6.45. The lowest BCUT2D eigenvalue weighted by atomic mass is 10.1. The SMILES string of the molecule is C=CCOc1ccc(C(=O)NCC(c2cccs2)N2CCCC2)cc1OC. The highest BCUT2D eigenvalue weighted by atomic mass is 32.1. The van der Waals surface area contributed by atoms with E-state index in [2.05, 4.69) is 34.3 Å². The number of benzene rings is 1. The highest BCUT2D eigenvalue weighted by Crippen LogP contribution is 2.29. The predicted molar refractivity (Wildman–Crippen MR) is 109 cm³/mol. The zero-order valence-electron chi connectivity index (χ0n) is 15.6. The number of nitrogens with one attached hydrogen (secondary N) is 1. The molecule has 2 aromatic rings. The maximum absolute atomic E-state index is 12.7. The first-order valence-electron chi connectivity index (χ1n) is 9.20. The summed E-state index contributed by atoms with van der Waals surface area (Å²) in [6.07, 6.45) is 4.11.